The average Bonchev–Trinajstić information content (AvgIpc) is 3.31. The Kier molecular flexibility index (Phi) is 8.86. The normalized spacial score (nSPS) is 13.4. The maximum atomic E-state index is 11.7. The van der Waals surface area contributed by atoms with Crippen LogP contribution in [0.5, 0.6) is 5.75 Å². The third-order valence-corrected chi connectivity index (χ3v) is 4.78. The molecule has 1 aliphatic rings. The first-order valence-electron chi connectivity index (χ1n) is 8.71. The second-order valence-electron chi connectivity index (χ2n) is 6.14. The van der Waals surface area contributed by atoms with Crippen molar-refractivity contribution in [1.29, 1.82) is 0 Å². The minimum absolute atomic E-state index is 0. The number of hydrogen-bond donors (Lipinski definition) is 3. The van der Waals surface area contributed by atoms with Gasteiger partial charge in [-0.2, -0.15) is 0 Å². The van der Waals surface area contributed by atoms with Crippen LogP contribution in [0.25, 0.3) is 0 Å². The van der Waals surface area contributed by atoms with E-state index in [4.69, 9.17) is 4.74 Å². The number of halogens is 1. The zero-order chi connectivity index (χ0) is 18.2. The number of ether oxygens (including phenoxy) is 1. The zero-order valence-corrected chi connectivity index (χ0v) is 18.4. The first-order valence-corrected chi connectivity index (χ1v) is 9.59. The van der Waals surface area contributed by atoms with Gasteiger partial charge in [0.05, 0.1) is 6.54 Å². The number of nitrogens with one attached hydrogen (secondary N) is 3. The quantitative estimate of drug-likeness (QED) is 0.296. The molecule has 1 aliphatic carbocycles. The molecule has 1 fully saturated rings. The summed E-state index contributed by atoms with van der Waals surface area (Å²) in [5, 5.41) is 11.5. The highest BCUT2D eigenvalue weighted by Crippen LogP contribution is 2.18. The largest absolute Gasteiger partial charge is 0.484 e. The SMILES string of the molecule is CN=C(NCc1cccc(OCC(=O)NC2CC2)c1)NCc1cccs1.I. The number of carbonyl (C=O) groups excluding carboxylic acids is 1. The van der Waals surface area contributed by atoms with Crippen LogP contribution in [0.3, 0.4) is 0 Å². The number of thiophene rings is 1. The predicted octanol–water partition coefficient (Wildman–Crippen LogP) is 2.89. The summed E-state index contributed by atoms with van der Waals surface area (Å²) < 4.78 is 5.58. The Morgan fingerprint density at radius 2 is 2.04 bits per heavy atom. The summed E-state index contributed by atoms with van der Waals surface area (Å²) in [4.78, 5) is 17.2. The molecule has 1 aromatic carbocycles. The standard InChI is InChI=1S/C19H24N4O2S.HI/c1-20-19(22-12-17-6-3-9-26-17)21-11-14-4-2-5-16(10-14)25-13-18(24)23-15-7-8-15;/h2-6,9-10,15H,7-8,11-13H2,1H3,(H,23,24)(H2,20,21,22);1H. The Labute approximate surface area is 180 Å². The summed E-state index contributed by atoms with van der Waals surface area (Å²) in [6, 6.07) is 12.2. The highest BCUT2D eigenvalue weighted by atomic mass is 127. The van der Waals surface area contributed by atoms with Crippen molar-refractivity contribution in [3.8, 4) is 5.75 Å². The van der Waals surface area contributed by atoms with E-state index < -0.39 is 0 Å². The molecular formula is C19H25IN4O2S. The topological polar surface area (TPSA) is 74.8 Å². The van der Waals surface area contributed by atoms with Gasteiger partial charge in [-0.25, -0.2) is 0 Å². The summed E-state index contributed by atoms with van der Waals surface area (Å²) in [5.74, 6) is 1.37. The Balaban J connectivity index is 0.00000261. The molecule has 6 nitrogen and oxygen atoms in total. The number of amides is 1. The van der Waals surface area contributed by atoms with E-state index in [1.165, 1.54) is 4.88 Å². The highest BCUT2D eigenvalue weighted by molar-refractivity contribution is 14.0. The molecule has 0 saturated heterocycles. The van der Waals surface area contributed by atoms with Crippen LogP contribution in [0.2, 0.25) is 0 Å². The molecule has 0 aliphatic heterocycles. The summed E-state index contributed by atoms with van der Waals surface area (Å²) in [7, 11) is 1.75. The van der Waals surface area contributed by atoms with Crippen molar-refractivity contribution in [2.75, 3.05) is 13.7 Å². The summed E-state index contributed by atoms with van der Waals surface area (Å²) in [6.45, 7) is 1.42. The summed E-state index contributed by atoms with van der Waals surface area (Å²) in [5.41, 5.74) is 1.06. The van der Waals surface area contributed by atoms with Crippen LogP contribution >= 0.6 is 35.3 Å². The predicted molar refractivity (Wildman–Crippen MR) is 120 cm³/mol. The van der Waals surface area contributed by atoms with Gasteiger partial charge >= 0.3 is 0 Å². The van der Waals surface area contributed by atoms with E-state index in [9.17, 15) is 4.79 Å². The second kappa shape index (κ2) is 11.1. The first kappa shape index (κ1) is 21.5. The molecule has 3 N–H and O–H groups in total. The Morgan fingerprint density at radius 3 is 2.74 bits per heavy atom. The van der Waals surface area contributed by atoms with Crippen molar-refractivity contribution in [2.24, 2.45) is 4.99 Å². The molecule has 1 aromatic heterocycles. The van der Waals surface area contributed by atoms with Gasteiger partial charge in [0.2, 0.25) is 0 Å². The number of hydrogen-bond acceptors (Lipinski definition) is 4. The molecule has 1 saturated carbocycles. The van der Waals surface area contributed by atoms with Gasteiger partial charge in [0.15, 0.2) is 12.6 Å². The third-order valence-electron chi connectivity index (χ3n) is 3.90. The van der Waals surface area contributed by atoms with Crippen LogP contribution in [0.1, 0.15) is 23.3 Å². The Hall–Kier alpha value is -1.81. The van der Waals surface area contributed by atoms with Crippen molar-refractivity contribution < 1.29 is 9.53 Å². The van der Waals surface area contributed by atoms with Gasteiger partial charge in [-0.05, 0) is 42.0 Å². The summed E-state index contributed by atoms with van der Waals surface area (Å²) >= 11 is 1.71. The fraction of sp³-hybridized carbons (Fsp3) is 0.368. The lowest BCUT2D eigenvalue weighted by molar-refractivity contribution is -0.123. The lowest BCUT2D eigenvalue weighted by Gasteiger charge is -2.12. The van der Waals surface area contributed by atoms with Crippen molar-refractivity contribution in [3.63, 3.8) is 0 Å². The first-order chi connectivity index (χ1) is 12.7. The molecule has 0 unspecified atom stereocenters. The van der Waals surface area contributed by atoms with E-state index >= 15 is 0 Å². The van der Waals surface area contributed by atoms with Crippen LogP contribution in [0, 0.1) is 0 Å². The van der Waals surface area contributed by atoms with Gasteiger partial charge in [-0.3, -0.25) is 9.79 Å². The maximum absolute atomic E-state index is 11.7. The minimum atomic E-state index is -0.0609. The molecular weight excluding hydrogens is 475 g/mol. The van der Waals surface area contributed by atoms with E-state index in [1.807, 2.05) is 30.3 Å². The monoisotopic (exact) mass is 500 g/mol. The number of carbonyl (C=O) groups is 1. The van der Waals surface area contributed by atoms with Gasteiger partial charge < -0.3 is 20.7 Å². The molecule has 8 heteroatoms. The fourth-order valence-electron chi connectivity index (χ4n) is 2.38. The molecule has 0 atom stereocenters. The minimum Gasteiger partial charge on any atom is -0.484 e. The van der Waals surface area contributed by atoms with Crippen LogP contribution in [-0.2, 0) is 17.9 Å². The van der Waals surface area contributed by atoms with Crippen LogP contribution < -0.4 is 20.7 Å². The van der Waals surface area contributed by atoms with E-state index in [0.29, 0.717) is 18.3 Å². The third kappa shape index (κ3) is 7.76. The van der Waals surface area contributed by atoms with Crippen molar-refractivity contribution in [2.45, 2.75) is 32.0 Å². The van der Waals surface area contributed by atoms with Gasteiger partial charge in [0.25, 0.3) is 5.91 Å². The number of nitrogens with zero attached hydrogens (tertiary/aromatic N) is 1. The second-order valence-corrected chi connectivity index (χ2v) is 7.17. The van der Waals surface area contributed by atoms with E-state index in [-0.39, 0.29) is 36.5 Å². The number of rotatable bonds is 8. The smallest absolute Gasteiger partial charge is 0.258 e. The Bertz CT molecular complexity index is 748. The maximum Gasteiger partial charge on any atom is 0.258 e. The van der Waals surface area contributed by atoms with Crippen LogP contribution in [0.15, 0.2) is 46.8 Å². The number of guanidine groups is 1. The van der Waals surface area contributed by atoms with Crippen molar-refractivity contribution in [1.82, 2.24) is 16.0 Å². The van der Waals surface area contributed by atoms with E-state index in [0.717, 1.165) is 30.9 Å². The van der Waals surface area contributed by atoms with Crippen LogP contribution in [-0.4, -0.2) is 31.6 Å². The molecule has 1 heterocycles. The van der Waals surface area contributed by atoms with Gasteiger partial charge in [0, 0.05) is 24.5 Å². The average molecular weight is 500 g/mol. The molecule has 2 aromatic rings. The van der Waals surface area contributed by atoms with Gasteiger partial charge in [0.1, 0.15) is 5.75 Å². The number of aliphatic imine (C=N–C) groups is 1. The molecule has 146 valence electrons. The van der Waals surface area contributed by atoms with E-state index in [2.05, 4.69) is 32.4 Å². The molecule has 1 amide bonds. The van der Waals surface area contributed by atoms with Gasteiger partial charge in [-0.15, -0.1) is 35.3 Å². The zero-order valence-electron chi connectivity index (χ0n) is 15.2. The Morgan fingerprint density at radius 1 is 1.22 bits per heavy atom. The molecule has 3 rings (SSSR count). The number of benzene rings is 1. The molecule has 27 heavy (non-hydrogen) atoms. The highest BCUT2D eigenvalue weighted by Gasteiger charge is 2.23. The molecule has 0 bridgehead atoms. The fourth-order valence-corrected chi connectivity index (χ4v) is 3.03. The molecule has 0 spiro atoms. The summed E-state index contributed by atoms with van der Waals surface area (Å²) in [6.07, 6.45) is 2.16. The van der Waals surface area contributed by atoms with Crippen molar-refractivity contribution in [3.05, 3.63) is 52.2 Å². The van der Waals surface area contributed by atoms with Gasteiger partial charge in [-0.1, -0.05) is 18.2 Å². The molecule has 0 radical (unpaired) electrons. The lowest BCUT2D eigenvalue weighted by atomic mass is 10.2. The lowest BCUT2D eigenvalue weighted by Crippen LogP contribution is -2.36. The van der Waals surface area contributed by atoms with Crippen molar-refractivity contribution >= 4 is 47.2 Å². The van der Waals surface area contributed by atoms with Crippen LogP contribution in [0.4, 0.5) is 0 Å². The van der Waals surface area contributed by atoms with E-state index in [1.54, 1.807) is 18.4 Å².